The molecular formula is C17H20ClNO. The minimum absolute atomic E-state index is 0.140. The summed E-state index contributed by atoms with van der Waals surface area (Å²) in [6.07, 6.45) is 0.702. The third kappa shape index (κ3) is 3.33. The summed E-state index contributed by atoms with van der Waals surface area (Å²) in [6.45, 7) is 4.08. The lowest BCUT2D eigenvalue weighted by atomic mass is 9.97. The summed E-state index contributed by atoms with van der Waals surface area (Å²) in [7, 11) is 1.68. The summed E-state index contributed by atoms with van der Waals surface area (Å²) in [5.74, 6) is 0.870. The zero-order valence-corrected chi connectivity index (χ0v) is 12.9. The first-order chi connectivity index (χ1) is 9.51. The predicted octanol–water partition coefficient (Wildman–Crippen LogP) is 4.21. The van der Waals surface area contributed by atoms with E-state index in [1.807, 2.05) is 37.3 Å². The number of nitrogens with two attached hydrogens (primary N) is 1. The molecule has 106 valence electrons. The highest BCUT2D eigenvalue weighted by Crippen LogP contribution is 2.28. The topological polar surface area (TPSA) is 35.2 Å². The van der Waals surface area contributed by atoms with Gasteiger partial charge in [0, 0.05) is 11.1 Å². The molecule has 2 nitrogen and oxygen atoms in total. The molecule has 0 spiro atoms. The number of halogens is 1. The van der Waals surface area contributed by atoms with Crippen LogP contribution in [-0.4, -0.2) is 7.11 Å². The molecule has 0 bridgehead atoms. The van der Waals surface area contributed by atoms with Crippen molar-refractivity contribution in [3.8, 4) is 5.75 Å². The zero-order chi connectivity index (χ0) is 14.7. The lowest BCUT2D eigenvalue weighted by molar-refractivity contribution is 0.408. The average molecular weight is 290 g/mol. The molecule has 0 heterocycles. The Kier molecular flexibility index (Phi) is 4.69. The van der Waals surface area contributed by atoms with E-state index in [4.69, 9.17) is 22.1 Å². The predicted molar refractivity (Wildman–Crippen MR) is 84.6 cm³/mol. The van der Waals surface area contributed by atoms with Gasteiger partial charge in [-0.2, -0.15) is 0 Å². The first-order valence-corrected chi connectivity index (χ1v) is 7.04. The number of methoxy groups -OCH3 is 1. The van der Waals surface area contributed by atoms with E-state index in [9.17, 15) is 0 Å². The van der Waals surface area contributed by atoms with Gasteiger partial charge in [0.1, 0.15) is 5.75 Å². The molecule has 2 aromatic carbocycles. The second kappa shape index (κ2) is 6.29. The van der Waals surface area contributed by atoms with Crippen LogP contribution in [-0.2, 0) is 6.42 Å². The van der Waals surface area contributed by atoms with E-state index in [0.717, 1.165) is 27.5 Å². The van der Waals surface area contributed by atoms with Gasteiger partial charge in [0.2, 0.25) is 0 Å². The number of hydrogen-bond acceptors (Lipinski definition) is 2. The van der Waals surface area contributed by atoms with Crippen LogP contribution in [0.4, 0.5) is 0 Å². The highest BCUT2D eigenvalue weighted by molar-refractivity contribution is 6.31. The molecule has 1 atom stereocenters. The van der Waals surface area contributed by atoms with Crippen molar-refractivity contribution in [1.29, 1.82) is 0 Å². The number of rotatable bonds is 4. The van der Waals surface area contributed by atoms with Gasteiger partial charge in [-0.25, -0.2) is 0 Å². The van der Waals surface area contributed by atoms with E-state index in [1.54, 1.807) is 7.11 Å². The minimum atomic E-state index is -0.140. The molecule has 2 N–H and O–H groups in total. The Balaban J connectivity index is 2.27. The molecule has 0 fully saturated rings. The fourth-order valence-electron chi connectivity index (χ4n) is 2.35. The fourth-order valence-corrected chi connectivity index (χ4v) is 2.72. The van der Waals surface area contributed by atoms with Gasteiger partial charge in [0.25, 0.3) is 0 Å². The first kappa shape index (κ1) is 14.9. The maximum Gasteiger partial charge on any atom is 0.122 e. The Morgan fingerprint density at radius 3 is 2.40 bits per heavy atom. The summed E-state index contributed by atoms with van der Waals surface area (Å²) < 4.78 is 5.40. The molecule has 0 aliphatic carbocycles. The normalized spacial score (nSPS) is 12.2. The molecule has 1 unspecified atom stereocenters. The van der Waals surface area contributed by atoms with Crippen LogP contribution in [0.2, 0.25) is 5.02 Å². The molecule has 0 aliphatic rings. The summed E-state index contributed by atoms with van der Waals surface area (Å²) in [4.78, 5) is 0. The SMILES string of the molecule is COc1ccc(C)cc1CC(N)c1ccc(C)cc1Cl. The van der Waals surface area contributed by atoms with Crippen LogP contribution in [0, 0.1) is 13.8 Å². The summed E-state index contributed by atoms with van der Waals surface area (Å²) in [6, 6.07) is 12.0. The van der Waals surface area contributed by atoms with E-state index in [2.05, 4.69) is 13.0 Å². The van der Waals surface area contributed by atoms with Crippen molar-refractivity contribution in [3.05, 3.63) is 63.7 Å². The third-order valence-corrected chi connectivity index (χ3v) is 3.76. The Hall–Kier alpha value is -1.51. The molecule has 2 rings (SSSR count). The highest BCUT2D eigenvalue weighted by atomic mass is 35.5. The van der Waals surface area contributed by atoms with E-state index in [0.29, 0.717) is 6.42 Å². The lowest BCUT2D eigenvalue weighted by Crippen LogP contribution is -2.14. The van der Waals surface area contributed by atoms with Gasteiger partial charge in [-0.05, 0) is 49.1 Å². The molecule has 0 aromatic heterocycles. The van der Waals surface area contributed by atoms with E-state index in [1.165, 1.54) is 5.56 Å². The monoisotopic (exact) mass is 289 g/mol. The van der Waals surface area contributed by atoms with E-state index < -0.39 is 0 Å². The minimum Gasteiger partial charge on any atom is -0.496 e. The van der Waals surface area contributed by atoms with Gasteiger partial charge in [-0.15, -0.1) is 0 Å². The molecule has 2 aromatic rings. The maximum absolute atomic E-state index is 6.31. The zero-order valence-electron chi connectivity index (χ0n) is 12.1. The fraction of sp³-hybridized carbons (Fsp3) is 0.294. The number of ether oxygens (including phenoxy) is 1. The third-order valence-electron chi connectivity index (χ3n) is 3.43. The Bertz CT molecular complexity index is 610. The standard InChI is InChI=1S/C17H20ClNO/c1-11-5-7-17(20-3)13(8-11)10-16(19)14-6-4-12(2)9-15(14)18/h4-9,16H,10,19H2,1-3H3. The number of aryl methyl sites for hydroxylation is 2. The van der Waals surface area contributed by atoms with Gasteiger partial charge < -0.3 is 10.5 Å². The van der Waals surface area contributed by atoms with Gasteiger partial charge in [0.15, 0.2) is 0 Å². The van der Waals surface area contributed by atoms with Crippen LogP contribution in [0.25, 0.3) is 0 Å². The van der Waals surface area contributed by atoms with Crippen molar-refractivity contribution >= 4 is 11.6 Å². The van der Waals surface area contributed by atoms with Crippen LogP contribution in [0.15, 0.2) is 36.4 Å². The molecule has 3 heteroatoms. The molecule has 0 aliphatic heterocycles. The van der Waals surface area contributed by atoms with Crippen LogP contribution in [0.5, 0.6) is 5.75 Å². The van der Waals surface area contributed by atoms with Crippen molar-refractivity contribution in [2.75, 3.05) is 7.11 Å². The van der Waals surface area contributed by atoms with Gasteiger partial charge in [0.05, 0.1) is 7.11 Å². The van der Waals surface area contributed by atoms with Crippen molar-refractivity contribution in [2.45, 2.75) is 26.3 Å². The largest absolute Gasteiger partial charge is 0.496 e. The lowest BCUT2D eigenvalue weighted by Gasteiger charge is -2.16. The summed E-state index contributed by atoms with van der Waals surface area (Å²) in [5.41, 5.74) is 10.7. The quantitative estimate of drug-likeness (QED) is 0.915. The van der Waals surface area contributed by atoms with Gasteiger partial charge in [-0.1, -0.05) is 41.4 Å². The molecule has 20 heavy (non-hydrogen) atoms. The molecular weight excluding hydrogens is 270 g/mol. The molecule has 0 amide bonds. The second-order valence-electron chi connectivity index (χ2n) is 5.15. The van der Waals surface area contributed by atoms with Crippen LogP contribution in [0.1, 0.15) is 28.3 Å². The van der Waals surface area contributed by atoms with E-state index in [-0.39, 0.29) is 6.04 Å². The Morgan fingerprint density at radius 1 is 1.10 bits per heavy atom. The van der Waals surface area contributed by atoms with Gasteiger partial charge in [-0.3, -0.25) is 0 Å². The summed E-state index contributed by atoms with van der Waals surface area (Å²) >= 11 is 6.28. The smallest absolute Gasteiger partial charge is 0.122 e. The van der Waals surface area contributed by atoms with Crippen molar-refractivity contribution in [1.82, 2.24) is 0 Å². The van der Waals surface area contributed by atoms with Crippen molar-refractivity contribution in [3.63, 3.8) is 0 Å². The van der Waals surface area contributed by atoms with Gasteiger partial charge >= 0.3 is 0 Å². The maximum atomic E-state index is 6.31. The molecule has 0 saturated carbocycles. The number of hydrogen-bond donors (Lipinski definition) is 1. The molecule has 0 radical (unpaired) electrons. The Labute approximate surface area is 125 Å². The number of benzene rings is 2. The second-order valence-corrected chi connectivity index (χ2v) is 5.56. The van der Waals surface area contributed by atoms with Crippen molar-refractivity contribution in [2.24, 2.45) is 5.73 Å². The van der Waals surface area contributed by atoms with Crippen LogP contribution in [0.3, 0.4) is 0 Å². The van der Waals surface area contributed by atoms with E-state index >= 15 is 0 Å². The van der Waals surface area contributed by atoms with Crippen molar-refractivity contribution < 1.29 is 4.74 Å². The summed E-state index contributed by atoms with van der Waals surface area (Å²) in [5, 5.41) is 0.726. The van der Waals surface area contributed by atoms with Crippen LogP contribution >= 0.6 is 11.6 Å². The first-order valence-electron chi connectivity index (χ1n) is 6.66. The average Bonchev–Trinajstić information content (AvgIpc) is 2.38. The molecule has 0 saturated heterocycles. The Morgan fingerprint density at radius 2 is 1.75 bits per heavy atom. The highest BCUT2D eigenvalue weighted by Gasteiger charge is 2.14. The van der Waals surface area contributed by atoms with Crippen LogP contribution < -0.4 is 10.5 Å².